The van der Waals surface area contributed by atoms with E-state index in [0.717, 1.165) is 24.7 Å². The number of anilines is 1. The highest BCUT2D eigenvalue weighted by Crippen LogP contribution is 2.12. The minimum absolute atomic E-state index is 0.0263. The Kier molecular flexibility index (Phi) is 6.52. The average molecular weight is 364 g/mol. The van der Waals surface area contributed by atoms with Crippen LogP contribution in [0.4, 0.5) is 10.1 Å². The molecule has 0 aliphatic carbocycles. The average Bonchev–Trinajstić information content (AvgIpc) is 2.54. The number of carbonyl (C=O) groups excluding carboxylic acids is 1. The molecule has 0 aliphatic heterocycles. The van der Waals surface area contributed by atoms with E-state index < -0.39 is 10.0 Å². The van der Waals surface area contributed by atoms with Crippen molar-refractivity contribution in [2.75, 3.05) is 17.5 Å². The van der Waals surface area contributed by atoms with Crippen LogP contribution >= 0.6 is 0 Å². The second-order valence-electron chi connectivity index (χ2n) is 5.79. The second kappa shape index (κ2) is 8.62. The van der Waals surface area contributed by atoms with Crippen LogP contribution in [-0.4, -0.2) is 27.1 Å². The molecule has 25 heavy (non-hydrogen) atoms. The Hall–Kier alpha value is -2.41. The van der Waals surface area contributed by atoms with Crippen LogP contribution < -0.4 is 10.0 Å². The van der Waals surface area contributed by atoms with Crippen LogP contribution in [0.3, 0.4) is 0 Å². The Bertz CT molecular complexity index is 820. The second-order valence-corrected chi connectivity index (χ2v) is 7.54. The molecule has 0 saturated heterocycles. The number of nitrogens with one attached hydrogen (secondary N) is 2. The third kappa shape index (κ3) is 6.93. The molecule has 2 rings (SSSR count). The summed E-state index contributed by atoms with van der Waals surface area (Å²) in [6.07, 6.45) is 2.62. The summed E-state index contributed by atoms with van der Waals surface area (Å²) in [4.78, 5) is 11.8. The van der Waals surface area contributed by atoms with Crippen molar-refractivity contribution in [1.29, 1.82) is 0 Å². The van der Waals surface area contributed by atoms with Crippen molar-refractivity contribution in [2.24, 2.45) is 0 Å². The van der Waals surface area contributed by atoms with Gasteiger partial charge in [0.25, 0.3) is 0 Å². The number of hydrogen-bond acceptors (Lipinski definition) is 3. The third-order valence-electron chi connectivity index (χ3n) is 3.53. The summed E-state index contributed by atoms with van der Waals surface area (Å²) in [6.45, 7) is 0.497. The van der Waals surface area contributed by atoms with Crippen LogP contribution in [-0.2, 0) is 27.7 Å². The minimum atomic E-state index is -3.27. The van der Waals surface area contributed by atoms with Gasteiger partial charge >= 0.3 is 0 Å². The van der Waals surface area contributed by atoms with E-state index in [-0.39, 0.29) is 18.1 Å². The van der Waals surface area contributed by atoms with E-state index in [4.69, 9.17) is 0 Å². The SMILES string of the molecule is CS(=O)(=O)Nc1ccc(CCCNC(=O)Cc2ccccc2F)cc1. The molecule has 0 aromatic heterocycles. The van der Waals surface area contributed by atoms with Crippen molar-refractivity contribution in [3.8, 4) is 0 Å². The van der Waals surface area contributed by atoms with Crippen molar-refractivity contribution in [3.63, 3.8) is 0 Å². The zero-order valence-electron chi connectivity index (χ0n) is 14.0. The fourth-order valence-corrected chi connectivity index (χ4v) is 2.92. The summed E-state index contributed by atoms with van der Waals surface area (Å²) in [5.41, 5.74) is 1.95. The number of rotatable bonds is 8. The zero-order chi connectivity index (χ0) is 18.3. The van der Waals surface area contributed by atoms with E-state index in [9.17, 15) is 17.6 Å². The monoisotopic (exact) mass is 364 g/mol. The van der Waals surface area contributed by atoms with Gasteiger partial charge in [-0.05, 0) is 42.2 Å². The smallest absolute Gasteiger partial charge is 0.229 e. The van der Waals surface area contributed by atoms with E-state index in [2.05, 4.69) is 10.0 Å². The zero-order valence-corrected chi connectivity index (χ0v) is 14.8. The molecule has 2 aromatic carbocycles. The number of aryl methyl sites for hydroxylation is 1. The molecule has 2 aromatic rings. The van der Waals surface area contributed by atoms with Gasteiger partial charge in [-0.3, -0.25) is 9.52 Å². The van der Waals surface area contributed by atoms with Gasteiger partial charge in [0.2, 0.25) is 15.9 Å². The fourth-order valence-electron chi connectivity index (χ4n) is 2.35. The molecule has 0 saturated carbocycles. The van der Waals surface area contributed by atoms with E-state index >= 15 is 0 Å². The predicted molar refractivity (Wildman–Crippen MR) is 96.3 cm³/mol. The molecule has 134 valence electrons. The summed E-state index contributed by atoms with van der Waals surface area (Å²) in [7, 11) is -3.27. The van der Waals surface area contributed by atoms with Gasteiger partial charge in [0.15, 0.2) is 0 Å². The highest BCUT2D eigenvalue weighted by atomic mass is 32.2. The lowest BCUT2D eigenvalue weighted by Crippen LogP contribution is -2.26. The van der Waals surface area contributed by atoms with E-state index in [1.54, 1.807) is 30.3 Å². The molecule has 2 N–H and O–H groups in total. The number of carbonyl (C=O) groups is 1. The maximum atomic E-state index is 13.5. The van der Waals surface area contributed by atoms with Gasteiger partial charge < -0.3 is 5.32 Å². The summed E-state index contributed by atoms with van der Waals surface area (Å²) in [5.74, 6) is -0.585. The van der Waals surface area contributed by atoms with Gasteiger partial charge in [-0.2, -0.15) is 0 Å². The number of halogens is 1. The molecule has 0 bridgehead atoms. The van der Waals surface area contributed by atoms with Crippen LogP contribution in [0.15, 0.2) is 48.5 Å². The van der Waals surface area contributed by atoms with Crippen LogP contribution in [0.25, 0.3) is 0 Å². The van der Waals surface area contributed by atoms with Gasteiger partial charge in [0.05, 0.1) is 12.7 Å². The Morgan fingerprint density at radius 2 is 1.76 bits per heavy atom. The minimum Gasteiger partial charge on any atom is -0.356 e. The number of hydrogen-bond donors (Lipinski definition) is 2. The Morgan fingerprint density at radius 3 is 2.40 bits per heavy atom. The van der Waals surface area contributed by atoms with E-state index in [1.807, 2.05) is 12.1 Å². The Morgan fingerprint density at radius 1 is 1.08 bits per heavy atom. The van der Waals surface area contributed by atoms with Crippen molar-refractivity contribution >= 4 is 21.6 Å². The van der Waals surface area contributed by atoms with Crippen LogP contribution in [0.2, 0.25) is 0 Å². The van der Waals surface area contributed by atoms with Crippen LogP contribution in [0.5, 0.6) is 0 Å². The van der Waals surface area contributed by atoms with Gasteiger partial charge in [-0.25, -0.2) is 12.8 Å². The molecule has 0 atom stereocenters. The molecule has 0 unspecified atom stereocenters. The molecule has 1 amide bonds. The maximum absolute atomic E-state index is 13.5. The van der Waals surface area contributed by atoms with Crippen LogP contribution in [0.1, 0.15) is 17.5 Å². The summed E-state index contributed by atoms with van der Waals surface area (Å²) in [5, 5.41) is 2.77. The first-order valence-electron chi connectivity index (χ1n) is 7.90. The standard InChI is InChI=1S/C18H21FN2O3S/c1-25(23,24)21-16-10-8-14(9-11-16)5-4-12-20-18(22)13-15-6-2-3-7-17(15)19/h2-3,6-11,21H,4-5,12-13H2,1H3,(H,20,22). The van der Waals surface area contributed by atoms with E-state index in [1.165, 1.54) is 6.07 Å². The lowest BCUT2D eigenvalue weighted by atomic mass is 10.1. The predicted octanol–water partition coefficient (Wildman–Crippen LogP) is 2.49. The highest BCUT2D eigenvalue weighted by Gasteiger charge is 2.07. The maximum Gasteiger partial charge on any atom is 0.229 e. The topological polar surface area (TPSA) is 75.3 Å². The van der Waals surface area contributed by atoms with Gasteiger partial charge in [-0.1, -0.05) is 30.3 Å². The van der Waals surface area contributed by atoms with Crippen molar-refractivity contribution in [2.45, 2.75) is 19.3 Å². The summed E-state index contributed by atoms with van der Waals surface area (Å²) in [6, 6.07) is 13.3. The first-order chi connectivity index (χ1) is 11.8. The number of sulfonamides is 1. The first kappa shape index (κ1) is 18.9. The fraction of sp³-hybridized carbons (Fsp3) is 0.278. The van der Waals surface area contributed by atoms with Crippen molar-refractivity contribution in [1.82, 2.24) is 5.32 Å². The third-order valence-corrected chi connectivity index (χ3v) is 4.14. The first-order valence-corrected chi connectivity index (χ1v) is 9.79. The quantitative estimate of drug-likeness (QED) is 0.707. The Labute approximate surface area is 147 Å². The highest BCUT2D eigenvalue weighted by molar-refractivity contribution is 7.92. The summed E-state index contributed by atoms with van der Waals surface area (Å²) >= 11 is 0. The molecule has 7 heteroatoms. The molecular weight excluding hydrogens is 343 g/mol. The van der Waals surface area contributed by atoms with Crippen molar-refractivity contribution < 1.29 is 17.6 Å². The molecule has 5 nitrogen and oxygen atoms in total. The lowest BCUT2D eigenvalue weighted by molar-refractivity contribution is -0.120. The van der Waals surface area contributed by atoms with Crippen LogP contribution in [0, 0.1) is 5.82 Å². The molecule has 0 aliphatic rings. The van der Waals surface area contributed by atoms with E-state index in [0.29, 0.717) is 17.8 Å². The molecular formula is C18H21FN2O3S. The Balaban J connectivity index is 1.72. The molecule has 0 spiro atoms. The lowest BCUT2D eigenvalue weighted by Gasteiger charge is -2.07. The summed E-state index contributed by atoms with van der Waals surface area (Å²) < 4.78 is 38.2. The van der Waals surface area contributed by atoms with Crippen molar-refractivity contribution in [3.05, 3.63) is 65.5 Å². The number of benzene rings is 2. The van der Waals surface area contributed by atoms with Gasteiger partial charge in [-0.15, -0.1) is 0 Å². The molecule has 0 heterocycles. The molecule has 0 fully saturated rings. The molecule has 0 radical (unpaired) electrons. The normalized spacial score (nSPS) is 11.1. The van der Waals surface area contributed by atoms with Gasteiger partial charge in [0, 0.05) is 12.2 Å². The largest absolute Gasteiger partial charge is 0.356 e. The number of amides is 1. The van der Waals surface area contributed by atoms with Gasteiger partial charge in [0.1, 0.15) is 5.82 Å².